The van der Waals surface area contributed by atoms with Gasteiger partial charge in [0.1, 0.15) is 0 Å². The van der Waals surface area contributed by atoms with E-state index in [-0.39, 0.29) is 5.78 Å². The maximum absolute atomic E-state index is 12.2. The molecule has 21 heavy (non-hydrogen) atoms. The number of nitrogens with zero attached hydrogens (tertiary/aromatic N) is 1. The van der Waals surface area contributed by atoms with Crippen molar-refractivity contribution in [3.05, 3.63) is 58.8 Å². The van der Waals surface area contributed by atoms with E-state index in [4.69, 9.17) is 0 Å². The normalized spacial score (nSPS) is 10.9. The number of aryl methyl sites for hydroxylation is 2. The topological polar surface area (TPSA) is 30.0 Å². The van der Waals surface area contributed by atoms with Crippen LogP contribution in [0.15, 0.2) is 41.4 Å². The highest BCUT2D eigenvalue weighted by Crippen LogP contribution is 2.20. The van der Waals surface area contributed by atoms with E-state index in [1.807, 2.05) is 50.2 Å². The van der Waals surface area contributed by atoms with Crippen molar-refractivity contribution in [3.8, 4) is 0 Å². The highest BCUT2D eigenvalue weighted by Gasteiger charge is 2.08. The number of hydrogen-bond donors (Lipinski definition) is 0. The van der Waals surface area contributed by atoms with E-state index in [1.54, 1.807) is 0 Å². The third-order valence-corrected chi connectivity index (χ3v) is 4.24. The number of benzene rings is 1. The summed E-state index contributed by atoms with van der Waals surface area (Å²) < 4.78 is 0. The summed E-state index contributed by atoms with van der Waals surface area (Å²) in [5.41, 5.74) is 4.21. The summed E-state index contributed by atoms with van der Waals surface area (Å²) in [5, 5.41) is 0.916. The van der Waals surface area contributed by atoms with Gasteiger partial charge in [0.25, 0.3) is 0 Å². The van der Waals surface area contributed by atoms with Crippen LogP contribution in [-0.2, 0) is 0 Å². The number of Topliss-reactive ketones (excluding diaryl/α,β-unsaturated/α-hetero) is 1. The molecule has 1 aromatic heterocycles. The standard InChI is InChI=1S/C18H21NOS/c1-12(2)15-5-7-16(8-6-15)17(20)11-21-18-10-13(3)9-14(4)19-18/h5-10,12H,11H2,1-4H3. The first-order chi connectivity index (χ1) is 9.95. The molecular formula is C18H21NOS. The lowest BCUT2D eigenvalue weighted by molar-refractivity contribution is 0.102. The van der Waals surface area contributed by atoms with Gasteiger partial charge in [-0.25, -0.2) is 4.98 Å². The molecule has 0 spiro atoms. The molecule has 0 amide bonds. The first kappa shape index (κ1) is 15.8. The van der Waals surface area contributed by atoms with Crippen molar-refractivity contribution in [2.45, 2.75) is 38.6 Å². The highest BCUT2D eigenvalue weighted by molar-refractivity contribution is 7.99. The smallest absolute Gasteiger partial charge is 0.173 e. The minimum Gasteiger partial charge on any atom is -0.293 e. The van der Waals surface area contributed by atoms with Gasteiger partial charge >= 0.3 is 0 Å². The first-order valence-electron chi connectivity index (χ1n) is 7.17. The molecular weight excluding hydrogens is 278 g/mol. The van der Waals surface area contributed by atoms with Gasteiger partial charge in [0.15, 0.2) is 5.78 Å². The minimum atomic E-state index is 0.149. The molecule has 1 heterocycles. The fraction of sp³-hybridized carbons (Fsp3) is 0.333. The van der Waals surface area contributed by atoms with Crippen molar-refractivity contribution >= 4 is 17.5 Å². The van der Waals surface area contributed by atoms with Crippen LogP contribution in [0.1, 0.15) is 46.9 Å². The minimum absolute atomic E-state index is 0.149. The summed E-state index contributed by atoms with van der Waals surface area (Å²) >= 11 is 1.50. The van der Waals surface area contributed by atoms with E-state index in [1.165, 1.54) is 22.9 Å². The quantitative estimate of drug-likeness (QED) is 0.587. The van der Waals surface area contributed by atoms with Crippen LogP contribution in [0.3, 0.4) is 0 Å². The summed E-state index contributed by atoms with van der Waals surface area (Å²) in [6, 6.07) is 12.0. The molecule has 1 aromatic carbocycles. The summed E-state index contributed by atoms with van der Waals surface area (Å²) in [4.78, 5) is 16.7. The lowest BCUT2D eigenvalue weighted by atomic mass is 10.0. The molecule has 0 atom stereocenters. The fourth-order valence-corrected chi connectivity index (χ4v) is 3.08. The molecule has 0 bridgehead atoms. The van der Waals surface area contributed by atoms with E-state index in [0.717, 1.165) is 16.3 Å². The number of rotatable bonds is 5. The van der Waals surface area contributed by atoms with Gasteiger partial charge in [-0.2, -0.15) is 0 Å². The van der Waals surface area contributed by atoms with E-state index in [0.29, 0.717) is 11.7 Å². The van der Waals surface area contributed by atoms with Crippen molar-refractivity contribution in [3.63, 3.8) is 0 Å². The van der Waals surface area contributed by atoms with Gasteiger partial charge in [0.2, 0.25) is 0 Å². The molecule has 0 aliphatic rings. The molecule has 0 fully saturated rings. The van der Waals surface area contributed by atoms with Crippen molar-refractivity contribution < 1.29 is 4.79 Å². The second kappa shape index (κ2) is 6.90. The van der Waals surface area contributed by atoms with Crippen molar-refractivity contribution in [1.29, 1.82) is 0 Å². The van der Waals surface area contributed by atoms with E-state index in [9.17, 15) is 4.79 Å². The second-order valence-corrected chi connectivity index (χ2v) is 6.61. The van der Waals surface area contributed by atoms with Gasteiger partial charge in [-0.3, -0.25) is 4.79 Å². The predicted molar refractivity (Wildman–Crippen MR) is 89.3 cm³/mol. The summed E-state index contributed by atoms with van der Waals surface area (Å²) in [7, 11) is 0. The molecule has 0 radical (unpaired) electrons. The van der Waals surface area contributed by atoms with Crippen LogP contribution in [0.25, 0.3) is 0 Å². The molecule has 3 heteroatoms. The fourth-order valence-electron chi connectivity index (χ4n) is 2.15. The van der Waals surface area contributed by atoms with Gasteiger partial charge in [-0.15, -0.1) is 0 Å². The molecule has 0 aliphatic carbocycles. The number of hydrogen-bond acceptors (Lipinski definition) is 3. The van der Waals surface area contributed by atoms with Gasteiger partial charge in [0, 0.05) is 11.3 Å². The van der Waals surface area contributed by atoms with Crippen LogP contribution >= 0.6 is 11.8 Å². The number of aromatic nitrogens is 1. The molecule has 110 valence electrons. The van der Waals surface area contributed by atoms with Crippen molar-refractivity contribution in [2.24, 2.45) is 0 Å². The van der Waals surface area contributed by atoms with Crippen LogP contribution < -0.4 is 0 Å². The molecule has 2 nitrogen and oxygen atoms in total. The monoisotopic (exact) mass is 299 g/mol. The van der Waals surface area contributed by atoms with Gasteiger partial charge < -0.3 is 0 Å². The van der Waals surface area contributed by atoms with Crippen LogP contribution in [-0.4, -0.2) is 16.5 Å². The Kier molecular flexibility index (Phi) is 5.18. The Morgan fingerprint density at radius 1 is 1.14 bits per heavy atom. The Bertz CT molecular complexity index is 612. The Morgan fingerprint density at radius 3 is 2.38 bits per heavy atom. The number of pyridine rings is 1. The van der Waals surface area contributed by atoms with Crippen LogP contribution in [0.4, 0.5) is 0 Å². The summed E-state index contributed by atoms with van der Waals surface area (Å²) in [6.45, 7) is 8.32. The van der Waals surface area contributed by atoms with Gasteiger partial charge in [-0.05, 0) is 43.0 Å². The predicted octanol–water partition coefficient (Wildman–Crippen LogP) is 4.80. The molecule has 0 aliphatic heterocycles. The number of carbonyl (C=O) groups is 1. The molecule has 2 aromatic rings. The third-order valence-electron chi connectivity index (χ3n) is 3.32. The summed E-state index contributed by atoms with van der Waals surface area (Å²) in [5.74, 6) is 1.07. The number of carbonyl (C=O) groups excluding carboxylic acids is 1. The first-order valence-corrected chi connectivity index (χ1v) is 8.15. The molecule has 0 unspecified atom stereocenters. The zero-order valence-electron chi connectivity index (χ0n) is 13.0. The van der Waals surface area contributed by atoms with E-state index >= 15 is 0 Å². The lowest BCUT2D eigenvalue weighted by Crippen LogP contribution is -2.03. The Morgan fingerprint density at radius 2 is 1.81 bits per heavy atom. The average Bonchev–Trinajstić information content (AvgIpc) is 2.44. The molecule has 0 saturated heterocycles. The Hall–Kier alpha value is -1.61. The van der Waals surface area contributed by atoms with Gasteiger partial charge in [0.05, 0.1) is 10.8 Å². The maximum atomic E-state index is 12.2. The highest BCUT2D eigenvalue weighted by atomic mass is 32.2. The SMILES string of the molecule is Cc1cc(C)nc(SCC(=O)c2ccc(C(C)C)cc2)c1. The van der Waals surface area contributed by atoms with Gasteiger partial charge in [-0.1, -0.05) is 49.9 Å². The second-order valence-electron chi connectivity index (χ2n) is 5.61. The van der Waals surface area contributed by atoms with E-state index < -0.39 is 0 Å². The van der Waals surface area contributed by atoms with Crippen LogP contribution in [0.5, 0.6) is 0 Å². The summed E-state index contributed by atoms with van der Waals surface area (Å²) in [6.07, 6.45) is 0. The average molecular weight is 299 g/mol. The molecule has 0 saturated carbocycles. The number of ketones is 1. The zero-order chi connectivity index (χ0) is 15.4. The third kappa shape index (κ3) is 4.43. The molecule has 0 N–H and O–H groups in total. The lowest BCUT2D eigenvalue weighted by Gasteiger charge is -2.07. The van der Waals surface area contributed by atoms with Crippen LogP contribution in [0, 0.1) is 13.8 Å². The van der Waals surface area contributed by atoms with E-state index in [2.05, 4.69) is 18.8 Å². The molecule has 2 rings (SSSR count). The zero-order valence-corrected chi connectivity index (χ0v) is 13.8. The Labute approximate surface area is 131 Å². The van der Waals surface area contributed by atoms with Crippen LogP contribution in [0.2, 0.25) is 0 Å². The van der Waals surface area contributed by atoms with Crippen molar-refractivity contribution in [2.75, 3.05) is 5.75 Å². The largest absolute Gasteiger partial charge is 0.293 e. The number of thioether (sulfide) groups is 1. The van der Waals surface area contributed by atoms with Crippen molar-refractivity contribution in [1.82, 2.24) is 4.98 Å². The maximum Gasteiger partial charge on any atom is 0.173 e. The Balaban J connectivity index is 2.01.